The zero-order valence-electron chi connectivity index (χ0n) is 15.0. The van der Waals surface area contributed by atoms with Gasteiger partial charge in [-0.3, -0.25) is 4.79 Å². The summed E-state index contributed by atoms with van der Waals surface area (Å²) in [7, 11) is 0. The molecule has 0 spiro atoms. The smallest absolute Gasteiger partial charge is 0.251 e. The summed E-state index contributed by atoms with van der Waals surface area (Å²) in [6.45, 7) is 4.24. The second-order valence-corrected chi connectivity index (χ2v) is 6.78. The second kappa shape index (κ2) is 8.82. The third-order valence-corrected chi connectivity index (χ3v) is 4.88. The highest BCUT2D eigenvalue weighted by atomic mass is 16.5. The first-order valence-electron chi connectivity index (χ1n) is 9.23. The van der Waals surface area contributed by atoms with Crippen LogP contribution < -0.4 is 0 Å². The second-order valence-electron chi connectivity index (χ2n) is 6.78. The third-order valence-electron chi connectivity index (χ3n) is 4.88. The van der Waals surface area contributed by atoms with E-state index >= 15 is 0 Å². The third kappa shape index (κ3) is 4.93. The van der Waals surface area contributed by atoms with Gasteiger partial charge in [-0.05, 0) is 49.3 Å². The van der Waals surface area contributed by atoms with Gasteiger partial charge >= 0.3 is 0 Å². The summed E-state index contributed by atoms with van der Waals surface area (Å²) in [6, 6.07) is 18.8. The van der Waals surface area contributed by atoms with Gasteiger partial charge in [-0.2, -0.15) is 0 Å². The van der Waals surface area contributed by atoms with Crippen LogP contribution in [0.4, 0.5) is 0 Å². The number of aryl methyl sites for hydroxylation is 2. The number of carbonyl (C=O) groups excluding carboxylic acids is 1. The van der Waals surface area contributed by atoms with Crippen molar-refractivity contribution in [3.63, 3.8) is 0 Å². The summed E-state index contributed by atoms with van der Waals surface area (Å²) < 4.78 is 5.64. The summed E-state index contributed by atoms with van der Waals surface area (Å²) in [4.78, 5) is 14.9. The zero-order valence-corrected chi connectivity index (χ0v) is 15.0. The Labute approximate surface area is 150 Å². The summed E-state index contributed by atoms with van der Waals surface area (Å²) in [6.07, 6.45) is 3.54. The van der Waals surface area contributed by atoms with Crippen LogP contribution in [0.5, 0.6) is 0 Å². The van der Waals surface area contributed by atoms with E-state index in [4.69, 9.17) is 4.74 Å². The number of ether oxygens (including phenoxy) is 1. The minimum atomic E-state index is -0.249. The maximum absolute atomic E-state index is 12.9. The lowest BCUT2D eigenvalue weighted by Crippen LogP contribution is -2.39. The lowest BCUT2D eigenvalue weighted by atomic mass is 10.1. The van der Waals surface area contributed by atoms with E-state index < -0.39 is 0 Å². The van der Waals surface area contributed by atoms with Crippen LogP contribution in [0.1, 0.15) is 36.0 Å². The summed E-state index contributed by atoms with van der Waals surface area (Å²) in [5.41, 5.74) is 3.77. The fraction of sp³-hybridized carbons (Fsp3) is 0.409. The van der Waals surface area contributed by atoms with Crippen molar-refractivity contribution in [1.82, 2.24) is 4.90 Å². The van der Waals surface area contributed by atoms with Gasteiger partial charge in [-0.1, -0.05) is 54.6 Å². The van der Waals surface area contributed by atoms with Crippen LogP contribution in [0.25, 0.3) is 0 Å². The van der Waals surface area contributed by atoms with Crippen LogP contribution in [-0.2, 0) is 22.5 Å². The Morgan fingerprint density at radius 2 is 1.88 bits per heavy atom. The normalized spacial score (nSPS) is 16.8. The molecule has 0 radical (unpaired) electrons. The van der Waals surface area contributed by atoms with Crippen LogP contribution >= 0.6 is 0 Å². The molecular formula is C22H27NO2. The average molecular weight is 337 g/mol. The van der Waals surface area contributed by atoms with Crippen molar-refractivity contribution in [3.05, 3.63) is 71.3 Å². The van der Waals surface area contributed by atoms with E-state index in [-0.39, 0.29) is 12.0 Å². The largest absolute Gasteiger partial charge is 0.368 e. The van der Waals surface area contributed by atoms with Gasteiger partial charge < -0.3 is 9.64 Å². The first-order chi connectivity index (χ1) is 12.2. The van der Waals surface area contributed by atoms with Gasteiger partial charge in [0, 0.05) is 19.7 Å². The van der Waals surface area contributed by atoms with Crippen molar-refractivity contribution >= 4 is 5.91 Å². The van der Waals surface area contributed by atoms with Crippen molar-refractivity contribution in [2.24, 2.45) is 0 Å². The van der Waals surface area contributed by atoms with E-state index in [0.717, 1.165) is 32.2 Å². The highest BCUT2D eigenvalue weighted by molar-refractivity contribution is 5.81. The lowest BCUT2D eigenvalue weighted by Gasteiger charge is -2.26. The maximum atomic E-state index is 12.9. The van der Waals surface area contributed by atoms with Crippen LogP contribution in [0.3, 0.4) is 0 Å². The molecule has 2 aromatic carbocycles. The van der Waals surface area contributed by atoms with Crippen LogP contribution in [0.2, 0.25) is 0 Å². The molecule has 0 aromatic heterocycles. The molecule has 3 rings (SSSR count). The molecule has 0 saturated carbocycles. The van der Waals surface area contributed by atoms with E-state index in [1.54, 1.807) is 0 Å². The molecular weight excluding hydrogens is 310 g/mol. The average Bonchev–Trinajstić information content (AvgIpc) is 3.17. The van der Waals surface area contributed by atoms with E-state index in [1.165, 1.54) is 16.7 Å². The number of hydrogen-bond acceptors (Lipinski definition) is 2. The Morgan fingerprint density at radius 1 is 1.12 bits per heavy atom. The molecule has 3 heteroatoms. The lowest BCUT2D eigenvalue weighted by molar-refractivity contribution is -0.141. The minimum Gasteiger partial charge on any atom is -0.368 e. The topological polar surface area (TPSA) is 29.5 Å². The Morgan fingerprint density at radius 3 is 2.60 bits per heavy atom. The molecule has 0 bridgehead atoms. The van der Waals surface area contributed by atoms with E-state index in [2.05, 4.69) is 43.3 Å². The molecule has 1 heterocycles. The summed E-state index contributed by atoms with van der Waals surface area (Å²) in [5.74, 6) is 0.147. The number of hydrogen-bond donors (Lipinski definition) is 0. The van der Waals surface area contributed by atoms with Crippen LogP contribution in [0.15, 0.2) is 54.6 Å². The number of rotatable bonds is 7. The van der Waals surface area contributed by atoms with Gasteiger partial charge in [0.1, 0.15) is 6.10 Å². The predicted octanol–water partition coefficient (Wildman–Crippen LogP) is 4.14. The van der Waals surface area contributed by atoms with Gasteiger partial charge in [0.15, 0.2) is 0 Å². The van der Waals surface area contributed by atoms with Crippen molar-refractivity contribution in [3.8, 4) is 0 Å². The predicted molar refractivity (Wildman–Crippen MR) is 100 cm³/mol. The molecule has 1 saturated heterocycles. The molecule has 0 N–H and O–H groups in total. The van der Waals surface area contributed by atoms with E-state index in [1.807, 2.05) is 23.1 Å². The zero-order chi connectivity index (χ0) is 17.5. The Balaban J connectivity index is 1.65. The van der Waals surface area contributed by atoms with Crippen molar-refractivity contribution < 1.29 is 9.53 Å². The molecule has 0 aliphatic carbocycles. The van der Waals surface area contributed by atoms with Gasteiger partial charge in [0.05, 0.1) is 0 Å². The molecule has 3 nitrogen and oxygen atoms in total. The monoisotopic (exact) mass is 337 g/mol. The number of benzene rings is 2. The number of carbonyl (C=O) groups is 1. The van der Waals surface area contributed by atoms with Gasteiger partial charge in [-0.25, -0.2) is 0 Å². The standard InChI is InChI=1S/C22H27NO2/c1-18-9-5-6-13-20(18)17-23(22(24)21-14-8-16-25-21)15-7-12-19-10-3-2-4-11-19/h2-6,9-11,13,21H,7-8,12,14-17H2,1H3/t21-/m0/s1. The maximum Gasteiger partial charge on any atom is 0.251 e. The molecule has 2 aromatic rings. The molecule has 1 fully saturated rings. The van der Waals surface area contributed by atoms with Crippen molar-refractivity contribution in [2.45, 2.75) is 45.3 Å². The fourth-order valence-corrected chi connectivity index (χ4v) is 3.36. The Kier molecular flexibility index (Phi) is 6.24. The molecule has 1 aliphatic heterocycles. The molecule has 1 amide bonds. The molecule has 132 valence electrons. The van der Waals surface area contributed by atoms with E-state index in [0.29, 0.717) is 13.2 Å². The number of amides is 1. The van der Waals surface area contributed by atoms with Crippen molar-refractivity contribution in [1.29, 1.82) is 0 Å². The van der Waals surface area contributed by atoms with Crippen LogP contribution in [0, 0.1) is 6.92 Å². The highest BCUT2D eigenvalue weighted by Gasteiger charge is 2.28. The van der Waals surface area contributed by atoms with Gasteiger partial charge in [0.25, 0.3) is 5.91 Å². The summed E-state index contributed by atoms with van der Waals surface area (Å²) >= 11 is 0. The molecule has 0 unspecified atom stereocenters. The molecule has 1 aliphatic rings. The van der Waals surface area contributed by atoms with Gasteiger partial charge in [0.2, 0.25) is 0 Å². The Hall–Kier alpha value is -2.13. The van der Waals surface area contributed by atoms with E-state index in [9.17, 15) is 4.79 Å². The first-order valence-corrected chi connectivity index (χ1v) is 9.23. The van der Waals surface area contributed by atoms with Crippen LogP contribution in [-0.4, -0.2) is 30.1 Å². The van der Waals surface area contributed by atoms with Crippen molar-refractivity contribution in [2.75, 3.05) is 13.2 Å². The SMILES string of the molecule is Cc1ccccc1CN(CCCc1ccccc1)C(=O)[C@@H]1CCCO1. The number of nitrogens with zero attached hydrogens (tertiary/aromatic N) is 1. The fourth-order valence-electron chi connectivity index (χ4n) is 3.36. The summed E-state index contributed by atoms with van der Waals surface area (Å²) in [5, 5.41) is 0. The highest BCUT2D eigenvalue weighted by Crippen LogP contribution is 2.18. The Bertz CT molecular complexity index is 677. The molecule has 1 atom stereocenters. The quantitative estimate of drug-likeness (QED) is 0.760. The van der Waals surface area contributed by atoms with Gasteiger partial charge in [-0.15, -0.1) is 0 Å². The molecule has 25 heavy (non-hydrogen) atoms. The first kappa shape index (κ1) is 17.7. The minimum absolute atomic E-state index is 0.147.